The number of nitrogens with one attached hydrogen (secondary N) is 1. The maximum atomic E-state index is 5.42. The van der Waals surface area contributed by atoms with Crippen molar-refractivity contribution in [3.05, 3.63) is 38.8 Å². The molecule has 0 radical (unpaired) electrons. The smallest absolute Gasteiger partial charge is 0.122 e. The molecule has 1 heterocycles. The molecule has 102 valence electrons. The van der Waals surface area contributed by atoms with Crippen LogP contribution in [0.2, 0.25) is 0 Å². The Bertz CT molecular complexity index is 559. The maximum absolute atomic E-state index is 5.42. The number of aryl methyl sites for hydroxylation is 1. The summed E-state index contributed by atoms with van der Waals surface area (Å²) in [5, 5.41) is 7.40. The van der Waals surface area contributed by atoms with E-state index in [1.54, 1.807) is 7.11 Å². The third-order valence-corrected chi connectivity index (χ3v) is 4.45. The molecule has 2 rings (SSSR count). The first-order valence-electron chi connectivity index (χ1n) is 5.94. The second kappa shape index (κ2) is 6.45. The third-order valence-electron chi connectivity index (χ3n) is 3.02. The standard InChI is InChI=1S/C13H16BrN3OS/c1-8-13(19-17-16-8)11(15-2)7-9-6-10(14)4-5-12(9)18-3/h4-6,11,15H,7H2,1-3H3. The van der Waals surface area contributed by atoms with Gasteiger partial charge in [0.15, 0.2) is 0 Å². The van der Waals surface area contributed by atoms with Crippen molar-refractivity contribution in [2.45, 2.75) is 19.4 Å². The van der Waals surface area contributed by atoms with Crippen LogP contribution in [0.3, 0.4) is 0 Å². The molecule has 0 bridgehead atoms. The fourth-order valence-electron chi connectivity index (χ4n) is 2.01. The molecule has 0 aliphatic heterocycles. The number of nitrogens with zero attached hydrogens (tertiary/aromatic N) is 2. The number of ether oxygens (including phenoxy) is 1. The third kappa shape index (κ3) is 3.32. The molecule has 19 heavy (non-hydrogen) atoms. The highest BCUT2D eigenvalue weighted by atomic mass is 79.9. The van der Waals surface area contributed by atoms with E-state index >= 15 is 0 Å². The van der Waals surface area contributed by atoms with Gasteiger partial charge in [-0.25, -0.2) is 0 Å². The van der Waals surface area contributed by atoms with Gasteiger partial charge in [0.1, 0.15) is 5.75 Å². The number of likely N-dealkylation sites (N-methyl/N-ethyl adjacent to an activating group) is 1. The second-order valence-corrected chi connectivity index (χ2v) is 5.93. The van der Waals surface area contributed by atoms with Crippen LogP contribution in [0.25, 0.3) is 0 Å². The van der Waals surface area contributed by atoms with Gasteiger partial charge in [-0.05, 0) is 55.7 Å². The molecule has 1 aromatic carbocycles. The molecule has 0 spiro atoms. The first-order valence-corrected chi connectivity index (χ1v) is 7.51. The van der Waals surface area contributed by atoms with E-state index in [1.165, 1.54) is 16.4 Å². The molecule has 0 fully saturated rings. The van der Waals surface area contributed by atoms with E-state index in [2.05, 4.69) is 36.9 Å². The maximum Gasteiger partial charge on any atom is 0.122 e. The van der Waals surface area contributed by atoms with Crippen LogP contribution in [-0.2, 0) is 6.42 Å². The second-order valence-electron chi connectivity index (χ2n) is 4.22. The minimum Gasteiger partial charge on any atom is -0.496 e. The lowest BCUT2D eigenvalue weighted by Gasteiger charge is -2.17. The van der Waals surface area contributed by atoms with Gasteiger partial charge in [-0.2, -0.15) is 0 Å². The van der Waals surface area contributed by atoms with E-state index in [1.807, 2.05) is 26.1 Å². The van der Waals surface area contributed by atoms with Crippen LogP contribution < -0.4 is 10.1 Å². The highest BCUT2D eigenvalue weighted by Crippen LogP contribution is 2.29. The molecular weight excluding hydrogens is 326 g/mol. The summed E-state index contributed by atoms with van der Waals surface area (Å²) >= 11 is 4.95. The molecule has 1 aromatic heterocycles. The Morgan fingerprint density at radius 2 is 2.26 bits per heavy atom. The quantitative estimate of drug-likeness (QED) is 0.907. The van der Waals surface area contributed by atoms with Crippen LogP contribution in [0.1, 0.15) is 22.2 Å². The van der Waals surface area contributed by atoms with Crippen molar-refractivity contribution in [2.24, 2.45) is 0 Å². The van der Waals surface area contributed by atoms with E-state index in [0.717, 1.165) is 27.9 Å². The van der Waals surface area contributed by atoms with Gasteiger partial charge in [-0.15, -0.1) is 5.10 Å². The molecule has 2 aromatic rings. The van der Waals surface area contributed by atoms with Gasteiger partial charge >= 0.3 is 0 Å². The molecule has 1 unspecified atom stereocenters. The van der Waals surface area contributed by atoms with Crippen molar-refractivity contribution in [1.82, 2.24) is 14.9 Å². The van der Waals surface area contributed by atoms with Crippen molar-refractivity contribution in [3.63, 3.8) is 0 Å². The lowest BCUT2D eigenvalue weighted by molar-refractivity contribution is 0.406. The Hall–Kier alpha value is -0.980. The summed E-state index contributed by atoms with van der Waals surface area (Å²) in [6, 6.07) is 6.25. The Morgan fingerprint density at radius 3 is 2.84 bits per heavy atom. The normalized spacial score (nSPS) is 12.4. The van der Waals surface area contributed by atoms with Crippen molar-refractivity contribution < 1.29 is 4.74 Å². The molecule has 0 aliphatic carbocycles. The summed E-state index contributed by atoms with van der Waals surface area (Å²) in [6.07, 6.45) is 0.837. The number of aromatic nitrogens is 2. The van der Waals surface area contributed by atoms with Crippen LogP contribution in [-0.4, -0.2) is 23.7 Å². The number of hydrogen-bond acceptors (Lipinski definition) is 5. The number of methoxy groups -OCH3 is 1. The average Bonchev–Trinajstić information content (AvgIpc) is 2.82. The van der Waals surface area contributed by atoms with Gasteiger partial charge in [-0.3, -0.25) is 0 Å². The summed E-state index contributed by atoms with van der Waals surface area (Å²) in [5.41, 5.74) is 2.14. The molecule has 0 aliphatic rings. The summed E-state index contributed by atoms with van der Waals surface area (Å²) < 4.78 is 10.5. The predicted molar refractivity (Wildman–Crippen MR) is 80.8 cm³/mol. The van der Waals surface area contributed by atoms with Gasteiger partial charge in [0.25, 0.3) is 0 Å². The molecule has 0 saturated carbocycles. The lowest BCUT2D eigenvalue weighted by Crippen LogP contribution is -2.19. The number of halogens is 1. The first-order chi connectivity index (χ1) is 9.15. The zero-order chi connectivity index (χ0) is 13.8. The minimum atomic E-state index is 0.197. The predicted octanol–water partition coefficient (Wildman–Crippen LogP) is 3.12. The molecule has 0 amide bonds. The van der Waals surface area contributed by atoms with E-state index < -0.39 is 0 Å². The lowest BCUT2D eigenvalue weighted by atomic mass is 10.0. The van der Waals surface area contributed by atoms with Gasteiger partial charge in [0, 0.05) is 10.5 Å². The van der Waals surface area contributed by atoms with Gasteiger partial charge in [0.05, 0.1) is 17.7 Å². The zero-order valence-electron chi connectivity index (χ0n) is 11.1. The van der Waals surface area contributed by atoms with E-state index in [4.69, 9.17) is 4.74 Å². The van der Waals surface area contributed by atoms with Crippen LogP contribution in [0.4, 0.5) is 0 Å². The van der Waals surface area contributed by atoms with Crippen LogP contribution >= 0.6 is 27.5 Å². The van der Waals surface area contributed by atoms with Gasteiger partial charge < -0.3 is 10.1 Å². The van der Waals surface area contributed by atoms with Crippen molar-refractivity contribution in [3.8, 4) is 5.75 Å². The fourth-order valence-corrected chi connectivity index (χ4v) is 3.17. The van der Waals surface area contributed by atoms with Crippen molar-refractivity contribution in [1.29, 1.82) is 0 Å². The SMILES string of the molecule is CNC(Cc1cc(Br)ccc1OC)c1snnc1C. The summed E-state index contributed by atoms with van der Waals surface area (Å²) in [4.78, 5) is 1.17. The van der Waals surface area contributed by atoms with Gasteiger partial charge in [-0.1, -0.05) is 20.4 Å². The monoisotopic (exact) mass is 341 g/mol. The number of rotatable bonds is 5. The number of hydrogen-bond donors (Lipinski definition) is 1. The zero-order valence-corrected chi connectivity index (χ0v) is 13.5. The van der Waals surface area contributed by atoms with Gasteiger partial charge in [0.2, 0.25) is 0 Å². The first kappa shape index (κ1) is 14.4. The Labute approximate surface area is 125 Å². The Morgan fingerprint density at radius 1 is 1.47 bits per heavy atom. The van der Waals surface area contributed by atoms with Crippen molar-refractivity contribution in [2.75, 3.05) is 14.2 Å². The highest BCUT2D eigenvalue weighted by Gasteiger charge is 2.18. The van der Waals surface area contributed by atoms with Crippen LogP contribution in [0.5, 0.6) is 5.75 Å². The topological polar surface area (TPSA) is 47.0 Å². The summed E-state index contributed by atoms with van der Waals surface area (Å²) in [5.74, 6) is 0.901. The molecule has 0 saturated heterocycles. The van der Waals surface area contributed by atoms with E-state index in [9.17, 15) is 0 Å². The molecular formula is C13H16BrN3OS. The number of benzene rings is 1. The highest BCUT2D eigenvalue weighted by molar-refractivity contribution is 9.10. The van der Waals surface area contributed by atoms with Crippen molar-refractivity contribution >= 4 is 27.5 Å². The van der Waals surface area contributed by atoms with E-state index in [-0.39, 0.29) is 6.04 Å². The fraction of sp³-hybridized carbons (Fsp3) is 0.385. The summed E-state index contributed by atoms with van der Waals surface area (Å²) in [7, 11) is 3.65. The van der Waals surface area contributed by atoms with E-state index in [0.29, 0.717) is 0 Å². The molecule has 4 nitrogen and oxygen atoms in total. The summed E-state index contributed by atoms with van der Waals surface area (Å²) in [6.45, 7) is 1.99. The largest absolute Gasteiger partial charge is 0.496 e. The molecule has 1 N–H and O–H groups in total. The average molecular weight is 342 g/mol. The molecule has 1 atom stereocenters. The van der Waals surface area contributed by atoms with Crippen LogP contribution in [0, 0.1) is 6.92 Å². The molecule has 6 heteroatoms. The Kier molecular flexibility index (Phi) is 4.90. The van der Waals surface area contributed by atoms with Crippen LogP contribution in [0.15, 0.2) is 22.7 Å². The Balaban J connectivity index is 2.28. The minimum absolute atomic E-state index is 0.197.